The monoisotopic (exact) mass is 419 g/mol. The van der Waals surface area contributed by atoms with Crippen molar-refractivity contribution in [1.29, 1.82) is 0 Å². The molecule has 8 heteroatoms. The first kappa shape index (κ1) is 20.6. The highest BCUT2D eigenvalue weighted by molar-refractivity contribution is 5.78. The highest BCUT2D eigenvalue weighted by atomic mass is 16.5. The van der Waals surface area contributed by atoms with E-state index in [1.165, 1.54) is 0 Å². The molecule has 0 atom stereocenters. The van der Waals surface area contributed by atoms with Crippen LogP contribution in [0.3, 0.4) is 0 Å². The van der Waals surface area contributed by atoms with Crippen molar-refractivity contribution in [2.45, 2.75) is 6.92 Å². The van der Waals surface area contributed by atoms with Gasteiger partial charge in [0.05, 0.1) is 12.3 Å². The second kappa shape index (κ2) is 9.88. The number of aromatic nitrogens is 3. The average molecular weight is 419 g/mol. The third-order valence-corrected chi connectivity index (χ3v) is 5.03. The van der Waals surface area contributed by atoms with Crippen LogP contribution in [0.5, 0.6) is 11.5 Å². The van der Waals surface area contributed by atoms with Crippen molar-refractivity contribution in [1.82, 2.24) is 20.1 Å². The lowest BCUT2D eigenvalue weighted by atomic mass is 10.2. The summed E-state index contributed by atoms with van der Waals surface area (Å²) in [5.41, 5.74) is 1.54. The molecule has 0 bridgehead atoms. The van der Waals surface area contributed by atoms with Gasteiger partial charge in [0.1, 0.15) is 17.2 Å². The minimum absolute atomic E-state index is 0.0204. The maximum absolute atomic E-state index is 12.5. The molecule has 0 spiro atoms. The first-order valence-electron chi connectivity index (χ1n) is 10.4. The van der Waals surface area contributed by atoms with Crippen LogP contribution in [0, 0.1) is 0 Å². The quantitative estimate of drug-likeness (QED) is 0.582. The van der Waals surface area contributed by atoms with Crippen LogP contribution >= 0.6 is 0 Å². The summed E-state index contributed by atoms with van der Waals surface area (Å²) < 4.78 is 11.0. The van der Waals surface area contributed by atoms with E-state index in [2.05, 4.69) is 20.1 Å². The molecule has 160 valence electrons. The SMILES string of the molecule is CCOc1ccc(OCC(=O)N2CCN(c3ccc(-c4ccccn4)nn3)CC2)cc1. The molecule has 3 aromatic rings. The Kier molecular flexibility index (Phi) is 6.56. The summed E-state index contributed by atoms with van der Waals surface area (Å²) >= 11 is 0. The Bertz CT molecular complexity index is 972. The molecule has 1 fully saturated rings. The lowest BCUT2D eigenvalue weighted by molar-refractivity contribution is -0.133. The van der Waals surface area contributed by atoms with Gasteiger partial charge < -0.3 is 19.3 Å². The van der Waals surface area contributed by atoms with Gasteiger partial charge in [-0.05, 0) is 55.5 Å². The first-order chi connectivity index (χ1) is 15.2. The molecule has 0 unspecified atom stereocenters. The molecule has 1 saturated heterocycles. The zero-order chi connectivity index (χ0) is 21.5. The predicted octanol–water partition coefficient (Wildman–Crippen LogP) is 2.66. The van der Waals surface area contributed by atoms with Crippen LogP contribution < -0.4 is 14.4 Å². The number of carbonyl (C=O) groups is 1. The number of pyridine rings is 1. The van der Waals surface area contributed by atoms with Gasteiger partial charge in [0.15, 0.2) is 12.4 Å². The molecule has 0 aliphatic carbocycles. The molecule has 4 rings (SSSR count). The Morgan fingerprint density at radius 3 is 2.23 bits per heavy atom. The minimum Gasteiger partial charge on any atom is -0.494 e. The number of rotatable bonds is 7. The highest BCUT2D eigenvalue weighted by Crippen LogP contribution is 2.19. The average Bonchev–Trinajstić information content (AvgIpc) is 2.84. The third kappa shape index (κ3) is 5.28. The van der Waals surface area contributed by atoms with Crippen molar-refractivity contribution in [3.05, 3.63) is 60.8 Å². The van der Waals surface area contributed by atoms with Gasteiger partial charge in [0.2, 0.25) is 0 Å². The van der Waals surface area contributed by atoms with Crippen LogP contribution in [-0.2, 0) is 4.79 Å². The smallest absolute Gasteiger partial charge is 0.260 e. The maximum Gasteiger partial charge on any atom is 0.260 e. The van der Waals surface area contributed by atoms with Crippen LogP contribution in [0.2, 0.25) is 0 Å². The van der Waals surface area contributed by atoms with E-state index in [4.69, 9.17) is 9.47 Å². The maximum atomic E-state index is 12.5. The Hall–Kier alpha value is -3.68. The zero-order valence-electron chi connectivity index (χ0n) is 17.5. The summed E-state index contributed by atoms with van der Waals surface area (Å²) in [6, 6.07) is 16.9. The number of carbonyl (C=O) groups excluding carboxylic acids is 1. The second-order valence-corrected chi connectivity index (χ2v) is 7.05. The van der Waals surface area contributed by atoms with Crippen molar-refractivity contribution in [3.8, 4) is 22.9 Å². The molecular formula is C23H25N5O3. The van der Waals surface area contributed by atoms with Crippen LogP contribution in [0.1, 0.15) is 6.92 Å². The summed E-state index contributed by atoms with van der Waals surface area (Å²) in [4.78, 5) is 20.8. The number of piperazine rings is 1. The Morgan fingerprint density at radius 1 is 0.871 bits per heavy atom. The number of benzene rings is 1. The van der Waals surface area contributed by atoms with Crippen LogP contribution in [0.15, 0.2) is 60.8 Å². The largest absolute Gasteiger partial charge is 0.494 e. The standard InChI is InChI=1S/C23H25N5O3/c1-2-30-18-6-8-19(9-7-18)31-17-23(29)28-15-13-27(14-16-28)22-11-10-21(25-26-22)20-5-3-4-12-24-20/h3-12H,2,13-17H2,1H3. The summed E-state index contributed by atoms with van der Waals surface area (Å²) in [6.45, 7) is 5.22. The second-order valence-electron chi connectivity index (χ2n) is 7.05. The molecule has 0 saturated carbocycles. The molecule has 31 heavy (non-hydrogen) atoms. The summed E-state index contributed by atoms with van der Waals surface area (Å²) in [7, 11) is 0. The topological polar surface area (TPSA) is 80.7 Å². The number of amides is 1. The Morgan fingerprint density at radius 2 is 1.61 bits per heavy atom. The normalized spacial score (nSPS) is 13.7. The van der Waals surface area contributed by atoms with Crippen LogP contribution in [0.25, 0.3) is 11.4 Å². The van der Waals surface area contributed by atoms with Crippen molar-refractivity contribution in [2.24, 2.45) is 0 Å². The van der Waals surface area contributed by atoms with E-state index in [1.54, 1.807) is 6.20 Å². The fourth-order valence-corrected chi connectivity index (χ4v) is 3.36. The lowest BCUT2D eigenvalue weighted by Crippen LogP contribution is -2.50. The van der Waals surface area contributed by atoms with E-state index in [-0.39, 0.29) is 12.5 Å². The lowest BCUT2D eigenvalue weighted by Gasteiger charge is -2.35. The summed E-state index contributed by atoms with van der Waals surface area (Å²) in [5.74, 6) is 2.22. The fraction of sp³-hybridized carbons (Fsp3) is 0.304. The molecule has 2 aromatic heterocycles. The predicted molar refractivity (Wildman–Crippen MR) is 117 cm³/mol. The van der Waals surface area contributed by atoms with E-state index in [0.29, 0.717) is 38.5 Å². The van der Waals surface area contributed by atoms with Crippen molar-refractivity contribution in [2.75, 3.05) is 44.3 Å². The van der Waals surface area contributed by atoms with E-state index >= 15 is 0 Å². The molecule has 3 heterocycles. The van der Waals surface area contributed by atoms with Gasteiger partial charge in [-0.2, -0.15) is 0 Å². The number of nitrogens with zero attached hydrogens (tertiary/aromatic N) is 5. The van der Waals surface area contributed by atoms with Crippen molar-refractivity contribution >= 4 is 11.7 Å². The van der Waals surface area contributed by atoms with Gasteiger partial charge in [0, 0.05) is 32.4 Å². The molecule has 0 radical (unpaired) electrons. The van der Waals surface area contributed by atoms with Crippen LogP contribution in [-0.4, -0.2) is 65.4 Å². The van der Waals surface area contributed by atoms with Gasteiger partial charge in [-0.3, -0.25) is 9.78 Å². The number of hydrogen-bond donors (Lipinski definition) is 0. The van der Waals surface area contributed by atoms with Gasteiger partial charge in [-0.25, -0.2) is 0 Å². The number of hydrogen-bond acceptors (Lipinski definition) is 7. The van der Waals surface area contributed by atoms with Gasteiger partial charge in [-0.15, -0.1) is 10.2 Å². The van der Waals surface area contributed by atoms with E-state index in [1.807, 2.05) is 66.4 Å². The number of anilines is 1. The molecule has 8 nitrogen and oxygen atoms in total. The van der Waals surface area contributed by atoms with Crippen molar-refractivity contribution in [3.63, 3.8) is 0 Å². The summed E-state index contributed by atoms with van der Waals surface area (Å²) in [6.07, 6.45) is 1.74. The summed E-state index contributed by atoms with van der Waals surface area (Å²) in [5, 5.41) is 8.64. The molecule has 1 aromatic carbocycles. The Balaban J connectivity index is 1.25. The first-order valence-corrected chi connectivity index (χ1v) is 10.4. The minimum atomic E-state index is -0.0230. The number of ether oxygens (including phenoxy) is 2. The van der Waals surface area contributed by atoms with Gasteiger partial charge in [0.25, 0.3) is 5.91 Å². The van der Waals surface area contributed by atoms with Crippen molar-refractivity contribution < 1.29 is 14.3 Å². The zero-order valence-corrected chi connectivity index (χ0v) is 17.5. The van der Waals surface area contributed by atoms with E-state index in [9.17, 15) is 4.79 Å². The molecule has 0 N–H and O–H groups in total. The van der Waals surface area contributed by atoms with E-state index in [0.717, 1.165) is 23.0 Å². The molecule has 1 aliphatic heterocycles. The van der Waals surface area contributed by atoms with Gasteiger partial charge >= 0.3 is 0 Å². The third-order valence-electron chi connectivity index (χ3n) is 5.03. The highest BCUT2D eigenvalue weighted by Gasteiger charge is 2.22. The molecular weight excluding hydrogens is 394 g/mol. The van der Waals surface area contributed by atoms with Gasteiger partial charge in [-0.1, -0.05) is 6.07 Å². The fourth-order valence-electron chi connectivity index (χ4n) is 3.36. The molecule has 1 amide bonds. The van der Waals surface area contributed by atoms with Crippen LogP contribution in [0.4, 0.5) is 5.82 Å². The molecule has 1 aliphatic rings. The Labute approximate surface area is 181 Å². The van der Waals surface area contributed by atoms with E-state index < -0.39 is 0 Å².